The van der Waals surface area contributed by atoms with Crippen LogP contribution in [-0.2, 0) is 4.79 Å². The van der Waals surface area contributed by atoms with Crippen molar-refractivity contribution in [2.24, 2.45) is 11.8 Å². The summed E-state index contributed by atoms with van der Waals surface area (Å²) < 4.78 is 0. The number of nitrogens with zero attached hydrogens (tertiary/aromatic N) is 1. The minimum Gasteiger partial charge on any atom is -0.481 e. The van der Waals surface area contributed by atoms with Gasteiger partial charge in [0, 0.05) is 18.6 Å². The van der Waals surface area contributed by atoms with E-state index >= 15 is 0 Å². The molecule has 0 bridgehead atoms. The summed E-state index contributed by atoms with van der Waals surface area (Å²) in [6.45, 7) is 5.92. The maximum absolute atomic E-state index is 12.3. The molecule has 0 aliphatic heterocycles. The maximum atomic E-state index is 12.3. The van der Waals surface area contributed by atoms with Crippen LogP contribution in [0.1, 0.15) is 38.8 Å². The zero-order chi connectivity index (χ0) is 17.6. The Morgan fingerprint density at radius 2 is 1.78 bits per heavy atom. The fourth-order valence-electron chi connectivity index (χ4n) is 2.28. The van der Waals surface area contributed by atoms with Gasteiger partial charge < -0.3 is 15.3 Å². The second kappa shape index (κ2) is 8.77. The molecule has 2 amide bonds. The molecule has 2 atom stereocenters. The molecule has 2 N–H and O–H groups in total. The van der Waals surface area contributed by atoms with E-state index < -0.39 is 11.9 Å². The predicted molar refractivity (Wildman–Crippen MR) is 91.6 cm³/mol. The van der Waals surface area contributed by atoms with Crippen molar-refractivity contribution in [1.29, 1.82) is 0 Å². The Bertz CT molecular complexity index is 531. The van der Waals surface area contributed by atoms with Crippen molar-refractivity contribution in [3.8, 4) is 0 Å². The van der Waals surface area contributed by atoms with Crippen molar-refractivity contribution in [2.45, 2.75) is 33.2 Å². The van der Waals surface area contributed by atoms with Gasteiger partial charge in [0.25, 0.3) is 0 Å². The van der Waals surface area contributed by atoms with Gasteiger partial charge in [-0.1, -0.05) is 44.5 Å². The number of benzene rings is 1. The van der Waals surface area contributed by atoms with Crippen LogP contribution in [0.5, 0.6) is 0 Å². The molecule has 6 heteroatoms. The number of halogens is 1. The molecule has 0 spiro atoms. The van der Waals surface area contributed by atoms with Crippen LogP contribution in [0.15, 0.2) is 24.3 Å². The normalized spacial score (nSPS) is 13.5. The fourth-order valence-corrected chi connectivity index (χ4v) is 2.40. The lowest BCUT2D eigenvalue weighted by Gasteiger charge is -2.26. The Labute approximate surface area is 142 Å². The van der Waals surface area contributed by atoms with Gasteiger partial charge in [0.2, 0.25) is 0 Å². The molecule has 0 aliphatic rings. The maximum Gasteiger partial charge on any atom is 0.317 e. The number of carboxylic acid groups (broad SMARTS) is 1. The van der Waals surface area contributed by atoms with Gasteiger partial charge in [0.15, 0.2) is 0 Å². The van der Waals surface area contributed by atoms with Crippen LogP contribution in [-0.4, -0.2) is 35.6 Å². The summed E-state index contributed by atoms with van der Waals surface area (Å²) in [5, 5.41) is 12.6. The number of nitrogens with one attached hydrogen (secondary N) is 1. The van der Waals surface area contributed by atoms with Gasteiger partial charge in [-0.15, -0.1) is 0 Å². The van der Waals surface area contributed by atoms with Crippen molar-refractivity contribution in [3.05, 3.63) is 34.9 Å². The summed E-state index contributed by atoms with van der Waals surface area (Å²) in [5.41, 5.74) is 0.983. The van der Waals surface area contributed by atoms with E-state index in [9.17, 15) is 9.59 Å². The average molecular weight is 341 g/mol. The molecular weight excluding hydrogens is 316 g/mol. The van der Waals surface area contributed by atoms with Crippen LogP contribution < -0.4 is 5.32 Å². The standard InChI is InChI=1S/C17H25ClN2O3/c1-11(2)9-15(13-5-7-14(18)8-6-13)19-17(23)20(4)10-12(3)16(21)22/h5-8,11-12,15H,9-10H2,1-4H3,(H,19,23)(H,21,22). The molecule has 0 saturated carbocycles. The number of carbonyl (C=O) groups excluding carboxylic acids is 1. The Balaban J connectivity index is 2.78. The fraction of sp³-hybridized carbons (Fsp3) is 0.529. The number of hydrogen-bond donors (Lipinski definition) is 2. The molecule has 0 fully saturated rings. The summed E-state index contributed by atoms with van der Waals surface area (Å²) in [6.07, 6.45) is 0.787. The molecular formula is C17H25ClN2O3. The van der Waals surface area contributed by atoms with Gasteiger partial charge in [-0.3, -0.25) is 4.79 Å². The quantitative estimate of drug-likeness (QED) is 0.793. The van der Waals surface area contributed by atoms with Crippen LogP contribution >= 0.6 is 11.6 Å². The van der Waals surface area contributed by atoms with Gasteiger partial charge in [-0.2, -0.15) is 0 Å². The third-order valence-corrected chi connectivity index (χ3v) is 3.85. The van der Waals surface area contributed by atoms with E-state index in [4.69, 9.17) is 16.7 Å². The number of rotatable bonds is 7. The minimum absolute atomic E-state index is 0.137. The zero-order valence-corrected chi connectivity index (χ0v) is 14.8. The van der Waals surface area contributed by atoms with Crippen LogP contribution in [0, 0.1) is 11.8 Å². The Morgan fingerprint density at radius 3 is 2.26 bits per heavy atom. The zero-order valence-electron chi connectivity index (χ0n) is 14.0. The van der Waals surface area contributed by atoms with Crippen molar-refractivity contribution in [3.63, 3.8) is 0 Å². The molecule has 1 rings (SSSR count). The molecule has 0 aromatic heterocycles. The molecule has 1 aromatic carbocycles. The highest BCUT2D eigenvalue weighted by Crippen LogP contribution is 2.23. The molecule has 1 aromatic rings. The lowest BCUT2D eigenvalue weighted by Crippen LogP contribution is -2.42. The number of carbonyl (C=O) groups is 2. The monoisotopic (exact) mass is 340 g/mol. The molecule has 0 aliphatic carbocycles. The summed E-state index contributed by atoms with van der Waals surface area (Å²) in [7, 11) is 1.60. The number of aliphatic carboxylic acids is 1. The summed E-state index contributed by atoms with van der Waals surface area (Å²) >= 11 is 5.91. The van der Waals surface area contributed by atoms with E-state index in [2.05, 4.69) is 19.2 Å². The van der Waals surface area contributed by atoms with Crippen molar-refractivity contribution in [1.82, 2.24) is 10.2 Å². The Hall–Kier alpha value is -1.75. The van der Waals surface area contributed by atoms with E-state index in [-0.39, 0.29) is 18.6 Å². The lowest BCUT2D eigenvalue weighted by atomic mass is 9.97. The second-order valence-electron chi connectivity index (χ2n) is 6.30. The van der Waals surface area contributed by atoms with Crippen LogP contribution in [0.4, 0.5) is 4.79 Å². The van der Waals surface area contributed by atoms with Crippen molar-refractivity contribution < 1.29 is 14.7 Å². The smallest absolute Gasteiger partial charge is 0.317 e. The first-order chi connectivity index (χ1) is 10.7. The molecule has 23 heavy (non-hydrogen) atoms. The van der Waals surface area contributed by atoms with Crippen molar-refractivity contribution in [2.75, 3.05) is 13.6 Å². The van der Waals surface area contributed by atoms with Gasteiger partial charge in [-0.05, 0) is 30.0 Å². The number of urea groups is 1. The van der Waals surface area contributed by atoms with E-state index in [1.54, 1.807) is 26.1 Å². The number of hydrogen-bond acceptors (Lipinski definition) is 2. The number of carboxylic acids is 1. The lowest BCUT2D eigenvalue weighted by molar-refractivity contribution is -0.141. The van der Waals surface area contributed by atoms with E-state index in [0.717, 1.165) is 12.0 Å². The van der Waals surface area contributed by atoms with Gasteiger partial charge in [-0.25, -0.2) is 4.79 Å². The SMILES string of the molecule is CC(C)CC(NC(=O)N(C)CC(C)C(=O)O)c1ccc(Cl)cc1. The highest BCUT2D eigenvalue weighted by atomic mass is 35.5. The van der Waals surface area contributed by atoms with Crippen molar-refractivity contribution >= 4 is 23.6 Å². The first-order valence-corrected chi connectivity index (χ1v) is 8.08. The average Bonchev–Trinajstić information content (AvgIpc) is 2.46. The van der Waals surface area contributed by atoms with Gasteiger partial charge >= 0.3 is 12.0 Å². The highest BCUT2D eigenvalue weighted by Gasteiger charge is 2.21. The van der Waals surface area contributed by atoms with Gasteiger partial charge in [0.05, 0.1) is 12.0 Å². The minimum atomic E-state index is -0.916. The molecule has 0 radical (unpaired) electrons. The summed E-state index contributed by atoms with van der Waals surface area (Å²) in [6, 6.07) is 6.98. The Kier molecular flexibility index (Phi) is 7.36. The van der Waals surface area contributed by atoms with Crippen LogP contribution in [0.25, 0.3) is 0 Å². The van der Waals surface area contributed by atoms with E-state index in [1.807, 2.05) is 12.1 Å². The predicted octanol–water partition coefficient (Wildman–Crippen LogP) is 3.79. The first kappa shape index (κ1) is 19.3. The number of amides is 2. The summed E-state index contributed by atoms with van der Waals surface area (Å²) in [5.74, 6) is -1.12. The van der Waals surface area contributed by atoms with Crippen LogP contribution in [0.3, 0.4) is 0 Å². The van der Waals surface area contributed by atoms with Gasteiger partial charge in [0.1, 0.15) is 0 Å². The second-order valence-corrected chi connectivity index (χ2v) is 6.74. The molecule has 128 valence electrons. The molecule has 2 unspecified atom stereocenters. The van der Waals surface area contributed by atoms with E-state index in [1.165, 1.54) is 4.90 Å². The third-order valence-electron chi connectivity index (χ3n) is 3.59. The largest absolute Gasteiger partial charge is 0.481 e. The third kappa shape index (κ3) is 6.48. The topological polar surface area (TPSA) is 69.6 Å². The van der Waals surface area contributed by atoms with E-state index in [0.29, 0.717) is 10.9 Å². The molecule has 0 saturated heterocycles. The summed E-state index contributed by atoms with van der Waals surface area (Å²) in [4.78, 5) is 24.6. The van der Waals surface area contributed by atoms with Crippen LogP contribution in [0.2, 0.25) is 5.02 Å². The highest BCUT2D eigenvalue weighted by molar-refractivity contribution is 6.30. The Morgan fingerprint density at radius 1 is 1.22 bits per heavy atom. The molecule has 5 nitrogen and oxygen atoms in total. The molecule has 0 heterocycles. The first-order valence-electron chi connectivity index (χ1n) is 7.70.